The molecule has 0 atom stereocenters. The fourth-order valence-corrected chi connectivity index (χ4v) is 3.35. The average molecular weight is 336 g/mol. The minimum Gasteiger partial charge on any atom is -0.426 e. The number of nitrogens with one attached hydrogen (secondary N) is 1. The third-order valence-electron chi connectivity index (χ3n) is 4.89. The van der Waals surface area contributed by atoms with Crippen LogP contribution in [0.5, 0.6) is 5.75 Å². The molecule has 0 radical (unpaired) electrons. The maximum absolute atomic E-state index is 12.3. The molecule has 130 valence electrons. The van der Waals surface area contributed by atoms with Crippen LogP contribution in [0.4, 0.5) is 0 Å². The number of benzene rings is 2. The summed E-state index contributed by atoms with van der Waals surface area (Å²) in [7, 11) is 0. The van der Waals surface area contributed by atoms with E-state index in [4.69, 9.17) is 15.9 Å². The molecule has 3 N–H and O–H groups in total. The van der Waals surface area contributed by atoms with E-state index in [1.165, 1.54) is 11.1 Å². The lowest BCUT2D eigenvalue weighted by Gasteiger charge is -2.26. The molecular weight excluding hydrogens is 312 g/mol. The van der Waals surface area contributed by atoms with Crippen molar-refractivity contribution in [2.24, 2.45) is 17.6 Å². The highest BCUT2D eigenvalue weighted by Crippen LogP contribution is 2.30. The molecular formula is C21H24N2O2. The number of amidine groups is 1. The van der Waals surface area contributed by atoms with Gasteiger partial charge in [0, 0.05) is 5.92 Å². The Morgan fingerprint density at radius 3 is 2.08 bits per heavy atom. The first-order valence-electron chi connectivity index (χ1n) is 8.80. The van der Waals surface area contributed by atoms with E-state index in [2.05, 4.69) is 12.1 Å². The highest BCUT2D eigenvalue weighted by atomic mass is 16.5. The van der Waals surface area contributed by atoms with Gasteiger partial charge in [-0.05, 0) is 55.4 Å². The lowest BCUT2D eigenvalue weighted by Crippen LogP contribution is -2.31. The minimum atomic E-state index is -0.169. The zero-order chi connectivity index (χ0) is 17.6. The van der Waals surface area contributed by atoms with E-state index in [1.807, 2.05) is 42.5 Å². The molecule has 4 heteroatoms. The number of carbonyl (C=O) groups excluding carboxylic acids is 1. The van der Waals surface area contributed by atoms with E-state index in [-0.39, 0.29) is 23.6 Å². The van der Waals surface area contributed by atoms with Crippen molar-refractivity contribution in [2.75, 3.05) is 0 Å². The number of nitrogens with two attached hydrogens (primary N) is 1. The van der Waals surface area contributed by atoms with E-state index < -0.39 is 0 Å². The summed E-state index contributed by atoms with van der Waals surface area (Å²) < 4.78 is 5.53. The third-order valence-corrected chi connectivity index (χ3v) is 4.89. The summed E-state index contributed by atoms with van der Waals surface area (Å²) in [5.41, 5.74) is 8.00. The average Bonchev–Trinajstić information content (AvgIpc) is 2.64. The van der Waals surface area contributed by atoms with Gasteiger partial charge < -0.3 is 10.5 Å². The van der Waals surface area contributed by atoms with Crippen LogP contribution >= 0.6 is 0 Å². The smallest absolute Gasteiger partial charge is 0.314 e. The van der Waals surface area contributed by atoms with Crippen molar-refractivity contribution >= 4 is 11.8 Å². The third kappa shape index (κ3) is 4.69. The number of esters is 1. The van der Waals surface area contributed by atoms with Gasteiger partial charge in [0.05, 0.1) is 11.8 Å². The van der Waals surface area contributed by atoms with Crippen LogP contribution < -0.4 is 10.5 Å². The minimum absolute atomic E-state index is 0.0837. The Bertz CT molecular complexity index is 717. The Balaban J connectivity index is 1.53. The van der Waals surface area contributed by atoms with Crippen molar-refractivity contribution in [1.29, 1.82) is 5.41 Å². The summed E-state index contributed by atoms with van der Waals surface area (Å²) in [6, 6.07) is 18.0. The van der Waals surface area contributed by atoms with Gasteiger partial charge in [0.15, 0.2) is 0 Å². The van der Waals surface area contributed by atoms with Crippen LogP contribution in [0.1, 0.15) is 36.8 Å². The van der Waals surface area contributed by atoms with Gasteiger partial charge in [-0.25, -0.2) is 0 Å². The maximum Gasteiger partial charge on any atom is 0.314 e. The molecule has 2 aromatic rings. The molecule has 2 aromatic carbocycles. The Morgan fingerprint density at radius 2 is 1.48 bits per heavy atom. The van der Waals surface area contributed by atoms with Crippen LogP contribution in [-0.2, 0) is 11.2 Å². The van der Waals surface area contributed by atoms with E-state index >= 15 is 0 Å². The summed E-state index contributed by atoms with van der Waals surface area (Å²) in [6.45, 7) is 0. The Hall–Kier alpha value is -2.62. The van der Waals surface area contributed by atoms with E-state index in [0.717, 1.165) is 32.1 Å². The molecule has 0 aliphatic heterocycles. The summed E-state index contributed by atoms with van der Waals surface area (Å²) >= 11 is 0. The zero-order valence-electron chi connectivity index (χ0n) is 14.3. The molecule has 25 heavy (non-hydrogen) atoms. The first-order chi connectivity index (χ1) is 12.1. The fourth-order valence-electron chi connectivity index (χ4n) is 3.35. The normalized spacial score (nSPS) is 20.0. The van der Waals surface area contributed by atoms with Crippen molar-refractivity contribution < 1.29 is 9.53 Å². The molecule has 3 rings (SSSR count). The number of rotatable bonds is 5. The predicted molar refractivity (Wildman–Crippen MR) is 98.7 cm³/mol. The molecule has 0 spiro atoms. The first-order valence-corrected chi connectivity index (χ1v) is 8.80. The fraction of sp³-hybridized carbons (Fsp3) is 0.333. The van der Waals surface area contributed by atoms with Crippen molar-refractivity contribution in [1.82, 2.24) is 0 Å². The molecule has 0 aromatic heterocycles. The SMILES string of the molecule is N=C(N)C1CCC(C(=O)Oc2ccc(Cc3ccccc3)cc2)CC1. The van der Waals surface area contributed by atoms with Crippen LogP contribution in [0.25, 0.3) is 0 Å². The van der Waals surface area contributed by atoms with Gasteiger partial charge in [0.25, 0.3) is 0 Å². The quantitative estimate of drug-likeness (QED) is 0.376. The van der Waals surface area contributed by atoms with Crippen molar-refractivity contribution in [3.8, 4) is 5.75 Å². The van der Waals surface area contributed by atoms with E-state index in [9.17, 15) is 4.79 Å². The van der Waals surface area contributed by atoms with Crippen molar-refractivity contribution in [2.45, 2.75) is 32.1 Å². The van der Waals surface area contributed by atoms with Crippen LogP contribution in [0.15, 0.2) is 54.6 Å². The highest BCUT2D eigenvalue weighted by Gasteiger charge is 2.28. The molecule has 1 aliphatic rings. The lowest BCUT2D eigenvalue weighted by atomic mass is 9.81. The van der Waals surface area contributed by atoms with Gasteiger partial charge >= 0.3 is 5.97 Å². The topological polar surface area (TPSA) is 76.2 Å². The van der Waals surface area contributed by atoms with E-state index in [1.54, 1.807) is 0 Å². The van der Waals surface area contributed by atoms with Crippen LogP contribution in [0.2, 0.25) is 0 Å². The Labute approximate surface area is 148 Å². The van der Waals surface area contributed by atoms with Crippen LogP contribution in [-0.4, -0.2) is 11.8 Å². The molecule has 0 unspecified atom stereocenters. The zero-order valence-corrected chi connectivity index (χ0v) is 14.3. The maximum atomic E-state index is 12.3. The number of hydrogen-bond acceptors (Lipinski definition) is 3. The second-order valence-electron chi connectivity index (χ2n) is 6.73. The summed E-state index contributed by atoms with van der Waals surface area (Å²) in [5, 5.41) is 7.50. The van der Waals surface area contributed by atoms with Gasteiger partial charge in [-0.1, -0.05) is 42.5 Å². The van der Waals surface area contributed by atoms with Gasteiger partial charge in [-0.2, -0.15) is 0 Å². The van der Waals surface area contributed by atoms with Gasteiger partial charge in [-0.3, -0.25) is 10.2 Å². The molecule has 0 amide bonds. The summed E-state index contributed by atoms with van der Waals surface area (Å²) in [6.07, 6.45) is 3.95. The molecule has 0 saturated heterocycles. The molecule has 1 aliphatic carbocycles. The van der Waals surface area contributed by atoms with Gasteiger partial charge in [-0.15, -0.1) is 0 Å². The lowest BCUT2D eigenvalue weighted by molar-refractivity contribution is -0.140. The van der Waals surface area contributed by atoms with Crippen LogP contribution in [0, 0.1) is 17.2 Å². The van der Waals surface area contributed by atoms with Crippen LogP contribution in [0.3, 0.4) is 0 Å². The second kappa shape index (κ2) is 7.97. The first kappa shape index (κ1) is 17.2. The molecule has 1 fully saturated rings. The van der Waals surface area contributed by atoms with E-state index in [0.29, 0.717) is 5.75 Å². The molecule has 4 nitrogen and oxygen atoms in total. The largest absolute Gasteiger partial charge is 0.426 e. The van der Waals surface area contributed by atoms with Gasteiger partial charge in [0.1, 0.15) is 5.75 Å². The Morgan fingerprint density at radius 1 is 0.920 bits per heavy atom. The van der Waals surface area contributed by atoms with Crippen molar-refractivity contribution in [3.05, 3.63) is 65.7 Å². The standard InChI is InChI=1S/C21H24N2O2/c22-20(23)17-8-10-18(11-9-17)21(24)25-19-12-6-16(7-13-19)14-15-4-2-1-3-5-15/h1-7,12-13,17-18H,8-11,14H2,(H3,22,23). The number of hydrogen-bond donors (Lipinski definition) is 2. The second-order valence-corrected chi connectivity index (χ2v) is 6.73. The number of ether oxygens (including phenoxy) is 1. The predicted octanol–water partition coefficient (Wildman–Crippen LogP) is 3.93. The van der Waals surface area contributed by atoms with Gasteiger partial charge in [0.2, 0.25) is 0 Å². The molecule has 1 saturated carbocycles. The molecule has 0 heterocycles. The Kier molecular flexibility index (Phi) is 5.49. The number of carbonyl (C=O) groups is 1. The molecule has 0 bridgehead atoms. The monoisotopic (exact) mass is 336 g/mol. The summed E-state index contributed by atoms with van der Waals surface area (Å²) in [5.74, 6) is 0.704. The van der Waals surface area contributed by atoms with Crippen molar-refractivity contribution in [3.63, 3.8) is 0 Å². The summed E-state index contributed by atoms with van der Waals surface area (Å²) in [4.78, 5) is 12.3. The highest BCUT2D eigenvalue weighted by molar-refractivity contribution is 5.80.